The van der Waals surface area contributed by atoms with Gasteiger partial charge in [0.25, 0.3) is 0 Å². The third-order valence-electron chi connectivity index (χ3n) is 7.37. The number of ether oxygens (including phenoxy) is 2. The zero-order valence-corrected chi connectivity index (χ0v) is 21.3. The van der Waals surface area contributed by atoms with Crippen LogP contribution in [-0.2, 0) is 15.9 Å². The molecule has 6 rings (SSSR count). The van der Waals surface area contributed by atoms with Crippen LogP contribution in [0.4, 0.5) is 10.2 Å². The quantitative estimate of drug-likeness (QED) is 0.357. The lowest BCUT2D eigenvalue weighted by Gasteiger charge is -2.28. The van der Waals surface area contributed by atoms with Gasteiger partial charge in [-0.15, -0.1) is 0 Å². The SMILES string of the molecule is Cc1ncnc2c1ccn2[C@@H]1C=C(CCc2cc(F)c3cc(Cl)c(N)nc3c2)[C@@]2(C)OC(C)(C)O[C@@H]12. The summed E-state index contributed by atoms with van der Waals surface area (Å²) < 4.78 is 29.9. The summed E-state index contributed by atoms with van der Waals surface area (Å²) in [6.07, 6.45) is 6.88. The summed E-state index contributed by atoms with van der Waals surface area (Å²) >= 11 is 6.04. The first-order chi connectivity index (χ1) is 17.1. The van der Waals surface area contributed by atoms with E-state index in [-0.39, 0.29) is 28.8 Å². The summed E-state index contributed by atoms with van der Waals surface area (Å²) in [7, 11) is 0. The van der Waals surface area contributed by atoms with E-state index in [0.29, 0.717) is 23.7 Å². The molecule has 3 atom stereocenters. The van der Waals surface area contributed by atoms with E-state index in [2.05, 4.69) is 32.5 Å². The molecule has 0 radical (unpaired) electrons. The predicted molar refractivity (Wildman–Crippen MR) is 137 cm³/mol. The van der Waals surface area contributed by atoms with Crippen molar-refractivity contribution >= 4 is 39.4 Å². The molecule has 1 fully saturated rings. The van der Waals surface area contributed by atoms with Gasteiger partial charge in [0.15, 0.2) is 5.79 Å². The number of fused-ring (bicyclic) bond motifs is 3. The van der Waals surface area contributed by atoms with E-state index < -0.39 is 11.4 Å². The maximum absolute atomic E-state index is 14.9. The maximum Gasteiger partial charge on any atom is 0.164 e. The Bertz CT molecular complexity index is 1570. The van der Waals surface area contributed by atoms with Crippen molar-refractivity contribution in [3.05, 3.63) is 70.5 Å². The van der Waals surface area contributed by atoms with Gasteiger partial charge >= 0.3 is 0 Å². The highest BCUT2D eigenvalue weighted by Crippen LogP contribution is 2.52. The fraction of sp³-hybridized carbons (Fsp3) is 0.370. The van der Waals surface area contributed by atoms with Crippen LogP contribution >= 0.6 is 11.6 Å². The number of anilines is 1. The minimum atomic E-state index is -0.735. The van der Waals surface area contributed by atoms with Crippen LogP contribution in [0.2, 0.25) is 5.02 Å². The first kappa shape index (κ1) is 23.3. The second-order valence-electron chi connectivity index (χ2n) is 10.2. The largest absolute Gasteiger partial charge is 0.382 e. The highest BCUT2D eigenvalue weighted by molar-refractivity contribution is 6.33. The molecule has 36 heavy (non-hydrogen) atoms. The second-order valence-corrected chi connectivity index (χ2v) is 10.7. The molecule has 1 aliphatic heterocycles. The first-order valence-corrected chi connectivity index (χ1v) is 12.3. The third kappa shape index (κ3) is 3.58. The van der Waals surface area contributed by atoms with Crippen LogP contribution in [0, 0.1) is 12.7 Å². The molecule has 7 nitrogen and oxygen atoms in total. The van der Waals surface area contributed by atoms with Crippen LogP contribution in [0.1, 0.15) is 44.5 Å². The number of rotatable bonds is 4. The minimum Gasteiger partial charge on any atom is -0.382 e. The van der Waals surface area contributed by atoms with Crippen molar-refractivity contribution in [2.24, 2.45) is 0 Å². The Morgan fingerprint density at radius 2 is 1.94 bits per heavy atom. The van der Waals surface area contributed by atoms with Gasteiger partial charge in [0.2, 0.25) is 0 Å². The number of halogens is 2. The first-order valence-electron chi connectivity index (χ1n) is 12.0. The van der Waals surface area contributed by atoms with E-state index in [1.807, 2.05) is 39.1 Å². The molecule has 1 aromatic carbocycles. The number of nitrogens with zero attached hydrogens (tertiary/aromatic N) is 4. The molecule has 4 aromatic rings. The predicted octanol–water partition coefficient (Wildman–Crippen LogP) is 5.69. The van der Waals surface area contributed by atoms with Crippen molar-refractivity contribution in [1.29, 1.82) is 0 Å². The molecule has 0 unspecified atom stereocenters. The summed E-state index contributed by atoms with van der Waals surface area (Å²) in [6, 6.07) is 6.87. The topological polar surface area (TPSA) is 88.1 Å². The molecule has 9 heteroatoms. The molecule has 0 saturated carbocycles. The average molecular weight is 508 g/mol. The fourth-order valence-electron chi connectivity index (χ4n) is 5.71. The number of hydrogen-bond acceptors (Lipinski definition) is 6. The molecular formula is C27H27ClFN5O2. The van der Waals surface area contributed by atoms with Crippen LogP contribution < -0.4 is 5.73 Å². The zero-order valence-electron chi connectivity index (χ0n) is 20.5. The van der Waals surface area contributed by atoms with Crippen molar-refractivity contribution in [3.8, 4) is 0 Å². The molecule has 4 heterocycles. The van der Waals surface area contributed by atoms with Gasteiger partial charge in [0.1, 0.15) is 35.3 Å². The van der Waals surface area contributed by atoms with E-state index >= 15 is 0 Å². The van der Waals surface area contributed by atoms with Crippen LogP contribution in [0.3, 0.4) is 0 Å². The average Bonchev–Trinajstić information content (AvgIpc) is 3.41. The Hall–Kier alpha value is -3.07. The van der Waals surface area contributed by atoms with Gasteiger partial charge in [-0.1, -0.05) is 17.7 Å². The van der Waals surface area contributed by atoms with Crippen molar-refractivity contribution in [1.82, 2.24) is 19.5 Å². The monoisotopic (exact) mass is 507 g/mol. The summed E-state index contributed by atoms with van der Waals surface area (Å²) in [4.78, 5) is 13.1. The molecule has 1 aliphatic carbocycles. The van der Waals surface area contributed by atoms with Gasteiger partial charge in [0.05, 0.1) is 22.3 Å². The Kier molecular flexibility index (Phi) is 5.16. The molecule has 2 aliphatic rings. The summed E-state index contributed by atoms with van der Waals surface area (Å²) in [5.41, 5.74) is 9.45. The maximum atomic E-state index is 14.9. The fourth-order valence-corrected chi connectivity index (χ4v) is 5.86. The van der Waals surface area contributed by atoms with Crippen molar-refractivity contribution in [2.75, 3.05) is 5.73 Å². The van der Waals surface area contributed by atoms with Crippen LogP contribution in [0.15, 0.2) is 48.4 Å². The van der Waals surface area contributed by atoms with E-state index in [0.717, 1.165) is 27.9 Å². The molecule has 186 valence electrons. The second kappa shape index (κ2) is 7.96. The summed E-state index contributed by atoms with van der Waals surface area (Å²) in [6.45, 7) is 7.93. The molecule has 0 spiro atoms. The Morgan fingerprint density at radius 3 is 2.75 bits per heavy atom. The number of nitrogen functional groups attached to an aromatic ring is 1. The smallest absolute Gasteiger partial charge is 0.164 e. The highest BCUT2D eigenvalue weighted by Gasteiger charge is 2.58. The van der Waals surface area contributed by atoms with Gasteiger partial charge in [0, 0.05) is 17.0 Å². The standard InChI is InChI=1S/C27H27ClFN5O2/c1-14-17-7-8-34(25(17)32-13-31-14)22-11-16(27(4)23(22)35-26(2,3)36-27)6-5-15-9-20(29)18-12-19(28)24(30)33-21(18)10-15/h7-13,22-23H,5-6H2,1-4H3,(H2,30,33)/t22-,23+,27-/m1/s1. The third-order valence-corrected chi connectivity index (χ3v) is 7.67. The van der Waals surface area contributed by atoms with Gasteiger partial charge in [-0.25, -0.2) is 19.3 Å². The van der Waals surface area contributed by atoms with Crippen molar-refractivity contribution in [2.45, 2.75) is 64.1 Å². The Balaban J connectivity index is 1.36. The number of nitrogens with two attached hydrogens (primary N) is 1. The number of pyridine rings is 1. The molecule has 0 bridgehead atoms. The lowest BCUT2D eigenvalue weighted by Crippen LogP contribution is -2.38. The lowest BCUT2D eigenvalue weighted by molar-refractivity contribution is -0.158. The number of aryl methyl sites for hydroxylation is 2. The van der Waals surface area contributed by atoms with E-state index in [4.69, 9.17) is 26.8 Å². The zero-order chi connectivity index (χ0) is 25.4. The van der Waals surface area contributed by atoms with Crippen LogP contribution in [-0.4, -0.2) is 37.0 Å². The minimum absolute atomic E-state index is 0.101. The molecule has 1 saturated heterocycles. The Labute approximate surface area is 213 Å². The summed E-state index contributed by atoms with van der Waals surface area (Å²) in [5, 5.41) is 1.61. The van der Waals surface area contributed by atoms with Gasteiger partial charge < -0.3 is 19.8 Å². The van der Waals surface area contributed by atoms with Crippen molar-refractivity contribution < 1.29 is 13.9 Å². The lowest BCUT2D eigenvalue weighted by atomic mass is 9.90. The number of hydrogen-bond donors (Lipinski definition) is 1. The molecule has 3 aromatic heterocycles. The van der Waals surface area contributed by atoms with Gasteiger partial charge in [-0.2, -0.15) is 0 Å². The number of aromatic nitrogens is 4. The van der Waals surface area contributed by atoms with E-state index in [1.165, 1.54) is 6.07 Å². The molecular weight excluding hydrogens is 481 g/mol. The normalized spacial score (nSPS) is 25.0. The van der Waals surface area contributed by atoms with Crippen molar-refractivity contribution in [3.63, 3.8) is 0 Å². The highest BCUT2D eigenvalue weighted by atomic mass is 35.5. The van der Waals surface area contributed by atoms with Gasteiger partial charge in [-0.3, -0.25) is 0 Å². The van der Waals surface area contributed by atoms with Gasteiger partial charge in [-0.05, 0) is 75.9 Å². The molecule has 0 amide bonds. The molecule has 2 N–H and O–H groups in total. The van der Waals surface area contributed by atoms with E-state index in [9.17, 15) is 4.39 Å². The van der Waals surface area contributed by atoms with E-state index in [1.54, 1.807) is 12.4 Å². The number of benzene rings is 1. The summed E-state index contributed by atoms with van der Waals surface area (Å²) in [5.74, 6) is -0.912. The van der Waals surface area contributed by atoms with Crippen LogP contribution in [0.5, 0.6) is 0 Å². The Morgan fingerprint density at radius 1 is 1.14 bits per heavy atom. The van der Waals surface area contributed by atoms with Crippen LogP contribution in [0.25, 0.3) is 21.9 Å².